The van der Waals surface area contributed by atoms with Crippen LogP contribution in [0, 0.1) is 5.92 Å². The van der Waals surface area contributed by atoms with E-state index in [1.807, 2.05) is 50.2 Å². The van der Waals surface area contributed by atoms with E-state index in [0.717, 1.165) is 42.8 Å². The summed E-state index contributed by atoms with van der Waals surface area (Å²) in [6.45, 7) is 4.00. The third-order valence-corrected chi connectivity index (χ3v) is 4.52. The highest BCUT2D eigenvalue weighted by Gasteiger charge is 2.21. The van der Waals surface area contributed by atoms with Gasteiger partial charge in [-0.3, -0.25) is 4.79 Å². The van der Waals surface area contributed by atoms with Crippen LogP contribution in [-0.4, -0.2) is 17.0 Å². The van der Waals surface area contributed by atoms with Gasteiger partial charge in [0.2, 0.25) is 5.91 Å². The van der Waals surface area contributed by atoms with E-state index in [9.17, 15) is 4.79 Å². The molecule has 1 fully saturated rings. The van der Waals surface area contributed by atoms with Gasteiger partial charge in [-0.1, -0.05) is 31.4 Å². The lowest BCUT2D eigenvalue weighted by atomic mass is 9.88. The third-order valence-electron chi connectivity index (χ3n) is 4.52. The number of rotatable bonds is 6. The standard InChI is InChI=1S/C21H27N3O2/c1-15(2)26-19-11-7-6-10-18(19)24-20-13-12-17(14-22-20)23-21(25)16-8-4-3-5-9-16/h6-7,10-16H,3-5,8-9H2,1-2H3,(H,22,24)(H,23,25). The van der Waals surface area contributed by atoms with Crippen molar-refractivity contribution in [2.45, 2.75) is 52.1 Å². The quantitative estimate of drug-likeness (QED) is 0.755. The second-order valence-corrected chi connectivity index (χ2v) is 7.04. The average Bonchev–Trinajstić information content (AvgIpc) is 2.65. The fourth-order valence-corrected chi connectivity index (χ4v) is 3.22. The summed E-state index contributed by atoms with van der Waals surface area (Å²) in [4.78, 5) is 16.7. The first kappa shape index (κ1) is 18.2. The lowest BCUT2D eigenvalue weighted by molar-refractivity contribution is -0.120. The van der Waals surface area contributed by atoms with Gasteiger partial charge in [-0.15, -0.1) is 0 Å². The first-order valence-corrected chi connectivity index (χ1v) is 9.41. The number of anilines is 3. The Hall–Kier alpha value is -2.56. The molecule has 0 unspecified atom stereocenters. The summed E-state index contributed by atoms with van der Waals surface area (Å²) in [6, 6.07) is 11.5. The van der Waals surface area contributed by atoms with Crippen LogP contribution in [0.1, 0.15) is 46.0 Å². The van der Waals surface area contributed by atoms with Gasteiger partial charge in [-0.25, -0.2) is 4.98 Å². The van der Waals surface area contributed by atoms with Crippen molar-refractivity contribution in [3.8, 4) is 5.75 Å². The number of carbonyl (C=O) groups is 1. The number of aromatic nitrogens is 1. The Morgan fingerprint density at radius 2 is 1.88 bits per heavy atom. The van der Waals surface area contributed by atoms with Crippen LogP contribution in [0.3, 0.4) is 0 Å². The van der Waals surface area contributed by atoms with Crippen molar-refractivity contribution in [3.05, 3.63) is 42.6 Å². The second-order valence-electron chi connectivity index (χ2n) is 7.04. The summed E-state index contributed by atoms with van der Waals surface area (Å²) in [5.74, 6) is 1.75. The zero-order valence-corrected chi connectivity index (χ0v) is 15.5. The van der Waals surface area contributed by atoms with E-state index in [-0.39, 0.29) is 17.9 Å². The molecule has 1 saturated carbocycles. The lowest BCUT2D eigenvalue weighted by Gasteiger charge is -2.20. The van der Waals surface area contributed by atoms with Crippen LogP contribution in [0.15, 0.2) is 42.6 Å². The first-order valence-electron chi connectivity index (χ1n) is 9.41. The molecule has 1 heterocycles. The molecule has 1 amide bonds. The van der Waals surface area contributed by atoms with Crippen LogP contribution in [-0.2, 0) is 4.79 Å². The van der Waals surface area contributed by atoms with Crippen LogP contribution < -0.4 is 15.4 Å². The summed E-state index contributed by atoms with van der Waals surface area (Å²) in [6.07, 6.45) is 7.32. The highest BCUT2D eigenvalue weighted by molar-refractivity contribution is 5.92. The fraction of sp³-hybridized carbons (Fsp3) is 0.429. The molecule has 0 aliphatic heterocycles. The minimum Gasteiger partial charge on any atom is -0.489 e. The van der Waals surface area contributed by atoms with Crippen LogP contribution in [0.5, 0.6) is 5.75 Å². The van der Waals surface area contributed by atoms with E-state index in [1.165, 1.54) is 6.42 Å². The van der Waals surface area contributed by atoms with Crippen molar-refractivity contribution in [2.24, 2.45) is 5.92 Å². The Labute approximate surface area is 155 Å². The number of hydrogen-bond acceptors (Lipinski definition) is 4. The van der Waals surface area contributed by atoms with Gasteiger partial charge in [0.1, 0.15) is 11.6 Å². The summed E-state index contributed by atoms with van der Waals surface area (Å²) in [5.41, 5.74) is 1.60. The van der Waals surface area contributed by atoms with Crippen LogP contribution in [0.2, 0.25) is 0 Å². The van der Waals surface area contributed by atoms with Gasteiger partial charge in [0.25, 0.3) is 0 Å². The van der Waals surface area contributed by atoms with Gasteiger partial charge in [-0.05, 0) is 51.0 Å². The topological polar surface area (TPSA) is 63.2 Å². The molecule has 26 heavy (non-hydrogen) atoms. The molecule has 3 rings (SSSR count). The molecule has 0 bridgehead atoms. The highest BCUT2D eigenvalue weighted by Crippen LogP contribution is 2.28. The van der Waals surface area contributed by atoms with Gasteiger partial charge in [0, 0.05) is 5.92 Å². The van der Waals surface area contributed by atoms with Crippen molar-refractivity contribution in [2.75, 3.05) is 10.6 Å². The molecule has 138 valence electrons. The normalized spacial score (nSPS) is 14.9. The van der Waals surface area contributed by atoms with Crippen molar-refractivity contribution in [1.29, 1.82) is 0 Å². The number of amides is 1. The van der Waals surface area contributed by atoms with Gasteiger partial charge in [0.05, 0.1) is 23.7 Å². The SMILES string of the molecule is CC(C)Oc1ccccc1Nc1ccc(NC(=O)C2CCCCC2)cn1. The minimum absolute atomic E-state index is 0.100. The summed E-state index contributed by atoms with van der Waals surface area (Å²) < 4.78 is 5.81. The van der Waals surface area contributed by atoms with Gasteiger partial charge in [-0.2, -0.15) is 0 Å². The number of pyridine rings is 1. The van der Waals surface area contributed by atoms with Gasteiger partial charge < -0.3 is 15.4 Å². The molecule has 5 heteroatoms. The molecule has 0 atom stereocenters. The molecule has 1 aliphatic carbocycles. The van der Waals surface area contributed by atoms with E-state index in [1.54, 1.807) is 6.20 Å². The Kier molecular flexibility index (Phi) is 6.10. The Morgan fingerprint density at radius 1 is 1.12 bits per heavy atom. The minimum atomic E-state index is 0.100. The maximum atomic E-state index is 12.3. The molecule has 2 N–H and O–H groups in total. The maximum absolute atomic E-state index is 12.3. The summed E-state index contributed by atoms with van der Waals surface area (Å²) in [7, 11) is 0. The van der Waals surface area contributed by atoms with Crippen molar-refractivity contribution >= 4 is 23.1 Å². The number of carbonyl (C=O) groups excluding carboxylic acids is 1. The van der Waals surface area contributed by atoms with E-state index >= 15 is 0 Å². The first-order chi connectivity index (χ1) is 12.6. The van der Waals surface area contributed by atoms with Crippen molar-refractivity contribution in [1.82, 2.24) is 4.98 Å². The summed E-state index contributed by atoms with van der Waals surface area (Å²) in [5, 5.41) is 6.26. The Bertz CT molecular complexity index is 722. The van der Waals surface area contributed by atoms with E-state index in [2.05, 4.69) is 15.6 Å². The average molecular weight is 353 g/mol. The number of hydrogen-bond donors (Lipinski definition) is 2. The van der Waals surface area contributed by atoms with Crippen molar-refractivity contribution in [3.63, 3.8) is 0 Å². The number of nitrogens with one attached hydrogen (secondary N) is 2. The number of nitrogens with zero attached hydrogens (tertiary/aromatic N) is 1. The third kappa shape index (κ3) is 4.97. The molecule has 1 aromatic carbocycles. The molecule has 5 nitrogen and oxygen atoms in total. The molecule has 1 aromatic heterocycles. The van der Waals surface area contributed by atoms with Gasteiger partial charge >= 0.3 is 0 Å². The van der Waals surface area contributed by atoms with E-state index in [4.69, 9.17) is 4.74 Å². The zero-order valence-electron chi connectivity index (χ0n) is 15.5. The number of para-hydroxylation sites is 2. The molecular weight excluding hydrogens is 326 g/mol. The van der Waals surface area contributed by atoms with Crippen LogP contribution >= 0.6 is 0 Å². The van der Waals surface area contributed by atoms with Gasteiger partial charge in [0.15, 0.2) is 0 Å². The van der Waals surface area contributed by atoms with E-state index < -0.39 is 0 Å². The largest absolute Gasteiger partial charge is 0.489 e. The van der Waals surface area contributed by atoms with E-state index in [0.29, 0.717) is 5.82 Å². The zero-order chi connectivity index (χ0) is 18.4. The molecular formula is C21H27N3O2. The summed E-state index contributed by atoms with van der Waals surface area (Å²) >= 11 is 0. The molecule has 2 aromatic rings. The highest BCUT2D eigenvalue weighted by atomic mass is 16.5. The smallest absolute Gasteiger partial charge is 0.227 e. The second kappa shape index (κ2) is 8.70. The predicted molar refractivity (Wildman–Crippen MR) is 105 cm³/mol. The van der Waals surface area contributed by atoms with Crippen LogP contribution in [0.4, 0.5) is 17.2 Å². The predicted octanol–water partition coefficient (Wildman–Crippen LogP) is 5.13. The Balaban J connectivity index is 1.62. The molecule has 0 spiro atoms. The van der Waals surface area contributed by atoms with Crippen LogP contribution in [0.25, 0.3) is 0 Å². The number of ether oxygens (including phenoxy) is 1. The number of benzene rings is 1. The fourth-order valence-electron chi connectivity index (χ4n) is 3.22. The molecule has 0 radical (unpaired) electrons. The molecule has 0 saturated heterocycles. The van der Waals surface area contributed by atoms with Crippen molar-refractivity contribution < 1.29 is 9.53 Å². The Morgan fingerprint density at radius 3 is 2.58 bits per heavy atom. The molecule has 1 aliphatic rings. The lowest BCUT2D eigenvalue weighted by Crippen LogP contribution is -2.24. The monoisotopic (exact) mass is 353 g/mol. The maximum Gasteiger partial charge on any atom is 0.227 e.